The fourth-order valence-electron chi connectivity index (χ4n) is 1.52. The van der Waals surface area contributed by atoms with Crippen LogP contribution in [0, 0.1) is 0 Å². The summed E-state index contributed by atoms with van der Waals surface area (Å²) in [5.41, 5.74) is 8.15. The third-order valence-corrected chi connectivity index (χ3v) is 2.53. The molecule has 3 N–H and O–H groups in total. The molecule has 0 aromatic heterocycles. The molecule has 1 aliphatic rings. The van der Waals surface area contributed by atoms with Gasteiger partial charge in [0.15, 0.2) is 5.96 Å². The Bertz CT molecular complexity index is 367. The monoisotopic (exact) mass is 203 g/mol. The molecule has 0 saturated heterocycles. The van der Waals surface area contributed by atoms with Crippen molar-refractivity contribution in [3.05, 3.63) is 29.8 Å². The van der Waals surface area contributed by atoms with Gasteiger partial charge >= 0.3 is 0 Å². The predicted octanol–water partition coefficient (Wildman–Crippen LogP) is 2.14. The van der Waals surface area contributed by atoms with E-state index in [1.165, 1.54) is 18.4 Å². The summed E-state index contributed by atoms with van der Waals surface area (Å²) in [7, 11) is 0. The zero-order chi connectivity index (χ0) is 10.7. The molecular weight excluding hydrogens is 186 g/mol. The second-order valence-electron chi connectivity index (χ2n) is 3.88. The Balaban J connectivity index is 2.08. The SMILES string of the molecule is CCc1ccccc1NC(N)=NC1CC1. The van der Waals surface area contributed by atoms with E-state index in [-0.39, 0.29) is 0 Å². The summed E-state index contributed by atoms with van der Waals surface area (Å²) in [6.45, 7) is 2.13. The van der Waals surface area contributed by atoms with Crippen LogP contribution in [0.25, 0.3) is 0 Å². The first kappa shape index (κ1) is 10.0. The van der Waals surface area contributed by atoms with Gasteiger partial charge in [0.2, 0.25) is 0 Å². The lowest BCUT2D eigenvalue weighted by atomic mass is 10.1. The van der Waals surface area contributed by atoms with Gasteiger partial charge in [0.1, 0.15) is 0 Å². The number of rotatable bonds is 3. The summed E-state index contributed by atoms with van der Waals surface area (Å²) in [5.74, 6) is 0.540. The number of aryl methyl sites for hydroxylation is 1. The van der Waals surface area contributed by atoms with Crippen LogP contribution in [0.4, 0.5) is 5.69 Å². The average molecular weight is 203 g/mol. The molecule has 0 unspecified atom stereocenters. The van der Waals surface area contributed by atoms with E-state index in [0.29, 0.717) is 12.0 Å². The number of hydrogen-bond donors (Lipinski definition) is 2. The Hall–Kier alpha value is -1.51. The van der Waals surface area contributed by atoms with E-state index < -0.39 is 0 Å². The number of hydrogen-bond acceptors (Lipinski definition) is 1. The van der Waals surface area contributed by atoms with Gasteiger partial charge in [-0.25, -0.2) is 4.99 Å². The van der Waals surface area contributed by atoms with Gasteiger partial charge in [0.25, 0.3) is 0 Å². The first-order chi connectivity index (χ1) is 7.29. The highest BCUT2D eigenvalue weighted by atomic mass is 15.1. The van der Waals surface area contributed by atoms with Crippen LogP contribution >= 0.6 is 0 Å². The minimum Gasteiger partial charge on any atom is -0.370 e. The van der Waals surface area contributed by atoms with Gasteiger partial charge in [-0.05, 0) is 30.9 Å². The highest BCUT2D eigenvalue weighted by Crippen LogP contribution is 2.23. The second kappa shape index (κ2) is 4.34. The van der Waals surface area contributed by atoms with Gasteiger partial charge in [0.05, 0.1) is 6.04 Å². The van der Waals surface area contributed by atoms with Crippen LogP contribution in [-0.4, -0.2) is 12.0 Å². The molecule has 2 rings (SSSR count). The molecule has 1 aliphatic carbocycles. The number of aliphatic imine (C=N–C) groups is 1. The lowest BCUT2D eigenvalue weighted by Gasteiger charge is -2.09. The van der Waals surface area contributed by atoms with Crippen LogP contribution in [0.3, 0.4) is 0 Å². The smallest absolute Gasteiger partial charge is 0.193 e. The summed E-state index contributed by atoms with van der Waals surface area (Å²) in [5, 5.41) is 3.16. The highest BCUT2D eigenvalue weighted by Gasteiger charge is 2.20. The molecule has 0 heterocycles. The molecule has 80 valence electrons. The van der Waals surface area contributed by atoms with Crippen LogP contribution in [0.15, 0.2) is 29.3 Å². The third-order valence-electron chi connectivity index (χ3n) is 2.53. The molecule has 0 amide bonds. The largest absolute Gasteiger partial charge is 0.370 e. The molecular formula is C12H17N3. The van der Waals surface area contributed by atoms with Crippen LogP contribution in [0.5, 0.6) is 0 Å². The second-order valence-corrected chi connectivity index (χ2v) is 3.88. The van der Waals surface area contributed by atoms with E-state index in [2.05, 4.69) is 23.3 Å². The maximum absolute atomic E-state index is 5.81. The molecule has 1 aromatic rings. The molecule has 3 nitrogen and oxygen atoms in total. The summed E-state index contributed by atoms with van der Waals surface area (Å²) >= 11 is 0. The number of benzene rings is 1. The maximum Gasteiger partial charge on any atom is 0.193 e. The van der Waals surface area contributed by atoms with Crippen LogP contribution in [-0.2, 0) is 6.42 Å². The van der Waals surface area contributed by atoms with E-state index in [1.54, 1.807) is 0 Å². The summed E-state index contributed by atoms with van der Waals surface area (Å²) < 4.78 is 0. The Kier molecular flexibility index (Phi) is 2.90. The Morgan fingerprint density at radius 2 is 2.20 bits per heavy atom. The number of anilines is 1. The van der Waals surface area contributed by atoms with Crippen LogP contribution in [0.2, 0.25) is 0 Å². The van der Waals surface area contributed by atoms with E-state index in [1.807, 2.05) is 18.2 Å². The molecule has 0 radical (unpaired) electrons. The van der Waals surface area contributed by atoms with Gasteiger partial charge in [0, 0.05) is 5.69 Å². The Morgan fingerprint density at radius 1 is 1.47 bits per heavy atom. The fourth-order valence-corrected chi connectivity index (χ4v) is 1.52. The van der Waals surface area contributed by atoms with Gasteiger partial charge < -0.3 is 11.1 Å². The Morgan fingerprint density at radius 3 is 2.87 bits per heavy atom. The van der Waals surface area contributed by atoms with Gasteiger partial charge in [-0.2, -0.15) is 0 Å². The first-order valence-corrected chi connectivity index (χ1v) is 5.47. The quantitative estimate of drug-likeness (QED) is 0.584. The van der Waals surface area contributed by atoms with Crippen molar-refractivity contribution in [1.82, 2.24) is 0 Å². The molecule has 3 heteroatoms. The van der Waals surface area contributed by atoms with E-state index in [0.717, 1.165) is 12.1 Å². The molecule has 0 aliphatic heterocycles. The van der Waals surface area contributed by atoms with Crippen molar-refractivity contribution in [1.29, 1.82) is 0 Å². The van der Waals surface area contributed by atoms with Crippen molar-refractivity contribution in [3.63, 3.8) is 0 Å². The molecule has 1 saturated carbocycles. The minimum absolute atomic E-state index is 0.464. The number of guanidine groups is 1. The van der Waals surface area contributed by atoms with Crippen molar-refractivity contribution < 1.29 is 0 Å². The molecule has 0 bridgehead atoms. The number of nitrogens with one attached hydrogen (secondary N) is 1. The first-order valence-electron chi connectivity index (χ1n) is 5.47. The molecule has 15 heavy (non-hydrogen) atoms. The number of para-hydroxylation sites is 1. The van der Waals surface area contributed by atoms with Crippen LogP contribution in [0.1, 0.15) is 25.3 Å². The summed E-state index contributed by atoms with van der Waals surface area (Å²) in [4.78, 5) is 4.34. The van der Waals surface area contributed by atoms with Gasteiger partial charge in [-0.15, -0.1) is 0 Å². The number of nitrogens with zero attached hydrogens (tertiary/aromatic N) is 1. The van der Waals surface area contributed by atoms with E-state index in [4.69, 9.17) is 5.73 Å². The van der Waals surface area contributed by atoms with Crippen molar-refractivity contribution in [2.75, 3.05) is 5.32 Å². The van der Waals surface area contributed by atoms with Crippen LogP contribution < -0.4 is 11.1 Å². The topological polar surface area (TPSA) is 50.4 Å². The lowest BCUT2D eigenvalue weighted by molar-refractivity contribution is 1.06. The zero-order valence-electron chi connectivity index (χ0n) is 9.03. The molecule has 1 aromatic carbocycles. The van der Waals surface area contributed by atoms with Gasteiger partial charge in [-0.3, -0.25) is 0 Å². The van der Waals surface area contributed by atoms with Crippen molar-refractivity contribution in [2.45, 2.75) is 32.2 Å². The third kappa shape index (κ3) is 2.72. The molecule has 1 fully saturated rings. The van der Waals surface area contributed by atoms with Crippen molar-refractivity contribution >= 4 is 11.6 Å². The Labute approximate surface area is 90.4 Å². The van der Waals surface area contributed by atoms with E-state index >= 15 is 0 Å². The lowest BCUT2D eigenvalue weighted by Crippen LogP contribution is -2.23. The predicted molar refractivity (Wildman–Crippen MR) is 64.1 cm³/mol. The fraction of sp³-hybridized carbons (Fsp3) is 0.417. The normalized spacial score (nSPS) is 16.5. The molecule has 0 spiro atoms. The van der Waals surface area contributed by atoms with Crippen molar-refractivity contribution in [2.24, 2.45) is 10.7 Å². The summed E-state index contributed by atoms with van der Waals surface area (Å²) in [6.07, 6.45) is 3.36. The maximum atomic E-state index is 5.81. The number of nitrogens with two attached hydrogens (primary N) is 1. The van der Waals surface area contributed by atoms with Gasteiger partial charge in [-0.1, -0.05) is 25.1 Å². The standard InChI is InChI=1S/C12H17N3/c1-2-9-5-3-4-6-11(9)15-12(13)14-10-7-8-10/h3-6,10H,2,7-8H2,1H3,(H3,13,14,15). The highest BCUT2D eigenvalue weighted by molar-refractivity contribution is 5.93. The molecule has 0 atom stereocenters. The minimum atomic E-state index is 0.464. The zero-order valence-corrected chi connectivity index (χ0v) is 9.03. The van der Waals surface area contributed by atoms with E-state index in [9.17, 15) is 0 Å². The average Bonchev–Trinajstić information content (AvgIpc) is 3.02. The summed E-state index contributed by atoms with van der Waals surface area (Å²) in [6, 6.07) is 8.65. The van der Waals surface area contributed by atoms with Crippen molar-refractivity contribution in [3.8, 4) is 0 Å².